The molecular formula is C14H18FN. The monoisotopic (exact) mass is 219 g/mol. The molecule has 1 unspecified atom stereocenters. The first-order valence-corrected chi connectivity index (χ1v) is 5.85. The molecule has 0 spiro atoms. The molecule has 2 heteroatoms. The quantitative estimate of drug-likeness (QED) is 0.784. The van der Waals surface area contributed by atoms with Crippen molar-refractivity contribution in [1.82, 2.24) is 4.98 Å². The van der Waals surface area contributed by atoms with Gasteiger partial charge in [0.1, 0.15) is 5.82 Å². The molecule has 1 atom stereocenters. The number of halogens is 1. The fourth-order valence-electron chi connectivity index (χ4n) is 2.38. The van der Waals surface area contributed by atoms with E-state index in [2.05, 4.69) is 25.8 Å². The van der Waals surface area contributed by atoms with Gasteiger partial charge < -0.3 is 4.98 Å². The molecule has 1 nitrogen and oxygen atoms in total. The Hall–Kier alpha value is -1.31. The molecule has 2 rings (SSSR count). The molecule has 0 aliphatic rings. The van der Waals surface area contributed by atoms with Gasteiger partial charge in [-0.25, -0.2) is 4.39 Å². The van der Waals surface area contributed by atoms with Gasteiger partial charge in [-0.05, 0) is 29.9 Å². The molecule has 2 aromatic rings. The summed E-state index contributed by atoms with van der Waals surface area (Å²) in [6, 6.07) is 5.26. The Kier molecular flexibility index (Phi) is 2.99. The molecule has 1 aromatic carbocycles. The van der Waals surface area contributed by atoms with Crippen molar-refractivity contribution in [3.8, 4) is 0 Å². The van der Waals surface area contributed by atoms with Crippen molar-refractivity contribution >= 4 is 10.9 Å². The third-order valence-corrected chi connectivity index (χ3v) is 3.05. The van der Waals surface area contributed by atoms with Gasteiger partial charge in [-0.3, -0.25) is 0 Å². The average Bonchev–Trinajstić information content (AvgIpc) is 2.61. The summed E-state index contributed by atoms with van der Waals surface area (Å²) >= 11 is 0. The van der Waals surface area contributed by atoms with E-state index in [1.165, 1.54) is 11.6 Å². The maximum Gasteiger partial charge on any atom is 0.147 e. The van der Waals surface area contributed by atoms with E-state index in [0.717, 1.165) is 11.8 Å². The molecule has 0 saturated carbocycles. The molecule has 0 fully saturated rings. The lowest BCUT2D eigenvalue weighted by Gasteiger charge is -2.13. The van der Waals surface area contributed by atoms with Gasteiger partial charge >= 0.3 is 0 Å². The highest BCUT2D eigenvalue weighted by Gasteiger charge is 2.14. The Morgan fingerprint density at radius 2 is 2.00 bits per heavy atom. The van der Waals surface area contributed by atoms with Crippen LogP contribution >= 0.6 is 0 Å². The standard InChI is InChI=1S/C14H18FN/c1-9(2)7-10(3)12-8-16-14-11(12)5-4-6-13(14)15/h4-6,8-10,16H,7H2,1-3H3. The van der Waals surface area contributed by atoms with Crippen molar-refractivity contribution < 1.29 is 4.39 Å². The second-order valence-corrected chi connectivity index (χ2v) is 4.94. The number of aromatic amines is 1. The molecule has 1 heterocycles. The summed E-state index contributed by atoms with van der Waals surface area (Å²) in [5, 5.41) is 1.02. The van der Waals surface area contributed by atoms with Crippen molar-refractivity contribution in [3.05, 3.63) is 35.8 Å². The van der Waals surface area contributed by atoms with E-state index < -0.39 is 0 Å². The molecule has 1 N–H and O–H groups in total. The van der Waals surface area contributed by atoms with Crippen LogP contribution in [-0.2, 0) is 0 Å². The maximum absolute atomic E-state index is 13.5. The van der Waals surface area contributed by atoms with Gasteiger partial charge in [0.05, 0.1) is 5.52 Å². The second-order valence-electron chi connectivity index (χ2n) is 4.94. The summed E-state index contributed by atoms with van der Waals surface area (Å²) in [6.07, 6.45) is 3.07. The number of fused-ring (bicyclic) bond motifs is 1. The van der Waals surface area contributed by atoms with Crippen molar-refractivity contribution in [2.24, 2.45) is 5.92 Å². The number of H-pyrrole nitrogens is 1. The van der Waals surface area contributed by atoms with Gasteiger partial charge in [0.15, 0.2) is 0 Å². The smallest absolute Gasteiger partial charge is 0.147 e. The fraction of sp³-hybridized carbons (Fsp3) is 0.429. The van der Waals surface area contributed by atoms with Crippen molar-refractivity contribution in [3.63, 3.8) is 0 Å². The predicted octanol–water partition coefficient (Wildman–Crippen LogP) is 4.46. The molecule has 0 aliphatic heterocycles. The highest BCUT2D eigenvalue weighted by molar-refractivity contribution is 5.84. The lowest BCUT2D eigenvalue weighted by molar-refractivity contribution is 0.525. The molecule has 0 saturated heterocycles. The third-order valence-electron chi connectivity index (χ3n) is 3.05. The van der Waals surface area contributed by atoms with E-state index in [1.807, 2.05) is 12.3 Å². The van der Waals surface area contributed by atoms with Gasteiger partial charge in [-0.2, -0.15) is 0 Å². The summed E-state index contributed by atoms with van der Waals surface area (Å²) in [6.45, 7) is 6.63. The van der Waals surface area contributed by atoms with E-state index in [0.29, 0.717) is 17.4 Å². The number of hydrogen-bond donors (Lipinski definition) is 1. The van der Waals surface area contributed by atoms with E-state index in [4.69, 9.17) is 0 Å². The number of nitrogens with one attached hydrogen (secondary N) is 1. The highest BCUT2D eigenvalue weighted by atomic mass is 19.1. The normalized spacial score (nSPS) is 13.6. The first-order valence-electron chi connectivity index (χ1n) is 5.85. The van der Waals surface area contributed by atoms with Gasteiger partial charge in [0, 0.05) is 11.6 Å². The number of rotatable bonds is 3. The SMILES string of the molecule is CC(C)CC(C)c1c[nH]c2c(F)cccc12. The Labute approximate surface area is 95.7 Å². The number of aromatic nitrogens is 1. The molecule has 0 radical (unpaired) electrons. The zero-order chi connectivity index (χ0) is 11.7. The maximum atomic E-state index is 13.5. The van der Waals surface area contributed by atoms with Crippen LogP contribution in [0.1, 0.15) is 38.7 Å². The van der Waals surface area contributed by atoms with Crippen LogP contribution in [-0.4, -0.2) is 4.98 Å². The first kappa shape index (κ1) is 11.2. The van der Waals surface area contributed by atoms with E-state index in [9.17, 15) is 4.39 Å². The van der Waals surface area contributed by atoms with Crippen LogP contribution in [0.5, 0.6) is 0 Å². The molecule has 86 valence electrons. The molecule has 0 aliphatic carbocycles. The second kappa shape index (κ2) is 4.28. The van der Waals surface area contributed by atoms with Crippen LogP contribution in [0.4, 0.5) is 4.39 Å². The van der Waals surface area contributed by atoms with E-state index in [1.54, 1.807) is 6.07 Å². The Balaban J connectivity index is 2.42. The predicted molar refractivity (Wildman–Crippen MR) is 66.1 cm³/mol. The molecule has 1 aromatic heterocycles. The molecular weight excluding hydrogens is 201 g/mol. The summed E-state index contributed by atoms with van der Waals surface area (Å²) in [7, 11) is 0. The largest absolute Gasteiger partial charge is 0.359 e. The van der Waals surface area contributed by atoms with Crippen LogP contribution in [0.2, 0.25) is 0 Å². The summed E-state index contributed by atoms with van der Waals surface area (Å²) < 4.78 is 13.5. The fourth-order valence-corrected chi connectivity index (χ4v) is 2.38. The van der Waals surface area contributed by atoms with Crippen molar-refractivity contribution in [1.29, 1.82) is 0 Å². The van der Waals surface area contributed by atoms with Crippen LogP contribution in [0.25, 0.3) is 10.9 Å². The zero-order valence-electron chi connectivity index (χ0n) is 10.0. The topological polar surface area (TPSA) is 15.8 Å². The number of benzene rings is 1. The number of para-hydroxylation sites is 1. The van der Waals surface area contributed by atoms with Crippen LogP contribution in [0, 0.1) is 11.7 Å². The lowest BCUT2D eigenvalue weighted by atomic mass is 9.92. The highest BCUT2D eigenvalue weighted by Crippen LogP contribution is 2.30. The summed E-state index contributed by atoms with van der Waals surface area (Å²) in [5.74, 6) is 0.963. The Bertz CT molecular complexity index is 484. The van der Waals surface area contributed by atoms with Crippen LogP contribution in [0.3, 0.4) is 0 Å². The van der Waals surface area contributed by atoms with Gasteiger partial charge in [0.2, 0.25) is 0 Å². The van der Waals surface area contributed by atoms with Crippen molar-refractivity contribution in [2.45, 2.75) is 33.1 Å². The van der Waals surface area contributed by atoms with Crippen molar-refractivity contribution in [2.75, 3.05) is 0 Å². The minimum atomic E-state index is -0.166. The Morgan fingerprint density at radius 1 is 1.25 bits per heavy atom. The zero-order valence-corrected chi connectivity index (χ0v) is 10.0. The average molecular weight is 219 g/mol. The minimum absolute atomic E-state index is 0.166. The van der Waals surface area contributed by atoms with Gasteiger partial charge in [-0.15, -0.1) is 0 Å². The molecule has 0 bridgehead atoms. The number of hydrogen-bond acceptors (Lipinski definition) is 0. The lowest BCUT2D eigenvalue weighted by Crippen LogP contribution is -1.97. The summed E-state index contributed by atoms with van der Waals surface area (Å²) in [5.41, 5.74) is 1.86. The van der Waals surface area contributed by atoms with E-state index >= 15 is 0 Å². The minimum Gasteiger partial charge on any atom is -0.359 e. The van der Waals surface area contributed by atoms with Gasteiger partial charge in [-0.1, -0.05) is 32.9 Å². The van der Waals surface area contributed by atoms with Crippen LogP contribution < -0.4 is 0 Å². The van der Waals surface area contributed by atoms with Gasteiger partial charge in [0.25, 0.3) is 0 Å². The summed E-state index contributed by atoms with van der Waals surface area (Å²) in [4.78, 5) is 3.04. The van der Waals surface area contributed by atoms with Crippen LogP contribution in [0.15, 0.2) is 24.4 Å². The molecule has 0 amide bonds. The first-order chi connectivity index (χ1) is 7.59. The third kappa shape index (κ3) is 1.97. The van der Waals surface area contributed by atoms with E-state index in [-0.39, 0.29) is 5.82 Å². The Morgan fingerprint density at radius 3 is 2.69 bits per heavy atom. The molecule has 16 heavy (non-hydrogen) atoms.